The molecule has 0 bridgehead atoms. The Morgan fingerprint density at radius 3 is 2.67 bits per heavy atom. The predicted molar refractivity (Wildman–Crippen MR) is 106 cm³/mol. The molecule has 2 aromatic heterocycles. The largest absolute Gasteiger partial charge is 0.618 e. The van der Waals surface area contributed by atoms with Gasteiger partial charge in [-0.1, -0.05) is 36.4 Å². The summed E-state index contributed by atoms with van der Waals surface area (Å²) in [5, 5.41) is 16.2. The second-order valence-corrected chi connectivity index (χ2v) is 7.13. The molecule has 7 nitrogen and oxygen atoms in total. The van der Waals surface area contributed by atoms with Gasteiger partial charge < -0.3 is 20.3 Å². The summed E-state index contributed by atoms with van der Waals surface area (Å²) in [7, 11) is 2.14. The molecule has 0 atom stereocenters. The maximum Gasteiger partial charge on any atom is 0.265 e. The topological polar surface area (TPSA) is 62.8 Å². The number of aromatic nitrogens is 3. The van der Waals surface area contributed by atoms with Gasteiger partial charge in [0.2, 0.25) is 11.8 Å². The Morgan fingerprint density at radius 1 is 1.11 bits per heavy atom. The van der Waals surface area contributed by atoms with Crippen LogP contribution >= 0.6 is 0 Å². The van der Waals surface area contributed by atoms with Gasteiger partial charge in [-0.25, -0.2) is 4.98 Å². The molecule has 1 aromatic carbocycles. The van der Waals surface area contributed by atoms with E-state index in [9.17, 15) is 5.21 Å². The van der Waals surface area contributed by atoms with Gasteiger partial charge in [0, 0.05) is 32.7 Å². The molecule has 27 heavy (non-hydrogen) atoms. The summed E-state index contributed by atoms with van der Waals surface area (Å²) < 4.78 is 2.95. The lowest BCUT2D eigenvalue weighted by atomic mass is 10.00. The quantitative estimate of drug-likeness (QED) is 0.554. The summed E-state index contributed by atoms with van der Waals surface area (Å²) in [6, 6.07) is 10.0. The first-order chi connectivity index (χ1) is 13.2. The Balaban J connectivity index is 1.61. The van der Waals surface area contributed by atoms with Crippen LogP contribution in [0.3, 0.4) is 0 Å². The highest BCUT2D eigenvalue weighted by Gasteiger charge is 2.27. The van der Waals surface area contributed by atoms with Gasteiger partial charge in [0.1, 0.15) is 5.82 Å². The number of benzene rings is 1. The van der Waals surface area contributed by atoms with E-state index in [-0.39, 0.29) is 0 Å². The molecule has 4 heterocycles. The average molecular weight is 362 g/mol. The van der Waals surface area contributed by atoms with Crippen LogP contribution in [0.4, 0.5) is 11.6 Å². The predicted octanol–water partition coefficient (Wildman–Crippen LogP) is 1.58. The van der Waals surface area contributed by atoms with E-state index in [1.165, 1.54) is 0 Å². The first-order valence-corrected chi connectivity index (χ1v) is 9.29. The first kappa shape index (κ1) is 16.1. The molecule has 7 heteroatoms. The summed E-state index contributed by atoms with van der Waals surface area (Å²) in [4.78, 5) is 9.32. The smallest absolute Gasteiger partial charge is 0.265 e. The van der Waals surface area contributed by atoms with Gasteiger partial charge in [0.15, 0.2) is 5.82 Å². The minimum atomic E-state index is 0.641. The number of anilines is 2. The van der Waals surface area contributed by atoms with E-state index in [0.29, 0.717) is 17.9 Å². The summed E-state index contributed by atoms with van der Waals surface area (Å²) in [5.41, 5.74) is 3.31. The molecule has 1 N–H and O–H groups in total. The monoisotopic (exact) mass is 362 g/mol. The molecule has 0 aliphatic carbocycles. The molecule has 138 valence electrons. The highest BCUT2D eigenvalue weighted by molar-refractivity contribution is 5.84. The van der Waals surface area contributed by atoms with E-state index < -0.39 is 0 Å². The zero-order valence-electron chi connectivity index (χ0n) is 15.3. The van der Waals surface area contributed by atoms with Crippen molar-refractivity contribution in [3.05, 3.63) is 65.3 Å². The molecule has 3 aromatic rings. The molecular weight excluding hydrogens is 340 g/mol. The standard InChI is InChI=1S/C20H22N6O/c1-23-9-11-24(12-10-23)17-13-25-18(22-17)14-26(27)19-16(7-8-21-20(19)25)15-5-3-2-4-6-15/h2-7,13-14,21H,8-12H2,1H3. The second kappa shape index (κ2) is 6.28. The highest BCUT2D eigenvalue weighted by Crippen LogP contribution is 2.31. The molecule has 0 spiro atoms. The molecule has 0 radical (unpaired) electrons. The van der Waals surface area contributed by atoms with Gasteiger partial charge >= 0.3 is 0 Å². The number of piperazine rings is 1. The number of rotatable bonds is 2. The van der Waals surface area contributed by atoms with Gasteiger partial charge in [-0.05, 0) is 12.6 Å². The number of hydrogen-bond acceptors (Lipinski definition) is 5. The Morgan fingerprint density at radius 2 is 1.89 bits per heavy atom. The van der Waals surface area contributed by atoms with Gasteiger partial charge in [-0.15, -0.1) is 0 Å². The Bertz CT molecular complexity index is 1020. The lowest BCUT2D eigenvalue weighted by Crippen LogP contribution is -2.44. The van der Waals surface area contributed by atoms with Crippen molar-refractivity contribution < 1.29 is 4.73 Å². The zero-order chi connectivity index (χ0) is 18.4. The fourth-order valence-electron chi connectivity index (χ4n) is 3.86. The van der Waals surface area contributed by atoms with Crippen LogP contribution in [-0.2, 0) is 0 Å². The van der Waals surface area contributed by atoms with E-state index >= 15 is 0 Å². The third kappa shape index (κ3) is 2.71. The number of likely N-dealkylation sites (N-methyl/N-ethyl adjacent to an activating group) is 1. The van der Waals surface area contributed by atoms with Gasteiger partial charge in [0.05, 0.1) is 11.8 Å². The lowest BCUT2D eigenvalue weighted by molar-refractivity contribution is -0.606. The van der Waals surface area contributed by atoms with E-state index in [0.717, 1.165) is 53.7 Å². The summed E-state index contributed by atoms with van der Waals surface area (Å²) in [6.45, 7) is 4.61. The summed E-state index contributed by atoms with van der Waals surface area (Å²) >= 11 is 0. The third-order valence-electron chi connectivity index (χ3n) is 5.38. The fourth-order valence-corrected chi connectivity index (χ4v) is 3.86. The van der Waals surface area contributed by atoms with Crippen LogP contribution in [0.1, 0.15) is 11.3 Å². The van der Waals surface area contributed by atoms with E-state index in [1.54, 1.807) is 6.20 Å². The zero-order valence-corrected chi connectivity index (χ0v) is 15.3. The second-order valence-electron chi connectivity index (χ2n) is 7.13. The van der Waals surface area contributed by atoms with Crippen molar-refractivity contribution >= 4 is 22.9 Å². The van der Waals surface area contributed by atoms with E-state index in [4.69, 9.17) is 4.98 Å². The van der Waals surface area contributed by atoms with Crippen molar-refractivity contribution in [2.75, 3.05) is 50.0 Å². The number of fused-ring (bicyclic) bond motifs is 3. The Hall–Kier alpha value is -3.06. The minimum Gasteiger partial charge on any atom is -0.618 e. The van der Waals surface area contributed by atoms with Gasteiger partial charge in [0.25, 0.3) is 5.69 Å². The number of imidazole rings is 1. The molecule has 0 unspecified atom stereocenters. The Labute approximate surface area is 157 Å². The maximum atomic E-state index is 12.9. The van der Waals surface area contributed by atoms with Crippen LogP contribution in [0.25, 0.3) is 11.2 Å². The third-order valence-corrected chi connectivity index (χ3v) is 5.38. The van der Waals surface area contributed by atoms with Crippen LogP contribution in [0, 0.1) is 5.21 Å². The van der Waals surface area contributed by atoms with Crippen LogP contribution < -0.4 is 14.9 Å². The molecule has 1 fully saturated rings. The fraction of sp³-hybridized carbons (Fsp3) is 0.300. The van der Waals surface area contributed by atoms with E-state index in [2.05, 4.69) is 28.2 Å². The van der Waals surface area contributed by atoms with Crippen molar-refractivity contribution in [2.24, 2.45) is 0 Å². The SMILES string of the molecule is CN1CCN(c2cn3c4c([n+]([O-])cc3n2)C(c2ccccc2)=CCN4)CC1. The highest BCUT2D eigenvalue weighted by atomic mass is 16.5. The van der Waals surface area contributed by atoms with Crippen molar-refractivity contribution in [1.29, 1.82) is 0 Å². The normalized spacial score (nSPS) is 17.5. The van der Waals surface area contributed by atoms with Crippen LogP contribution in [-0.4, -0.2) is 54.1 Å². The summed E-state index contributed by atoms with van der Waals surface area (Å²) in [5.74, 6) is 1.73. The van der Waals surface area contributed by atoms with Crippen LogP contribution in [0.15, 0.2) is 48.8 Å². The van der Waals surface area contributed by atoms with Crippen molar-refractivity contribution in [1.82, 2.24) is 14.3 Å². The van der Waals surface area contributed by atoms with Crippen LogP contribution in [0.2, 0.25) is 0 Å². The molecule has 2 aliphatic rings. The van der Waals surface area contributed by atoms with Gasteiger partial charge in [-0.2, -0.15) is 4.73 Å². The Kier molecular flexibility index (Phi) is 3.75. The van der Waals surface area contributed by atoms with Gasteiger partial charge in [-0.3, -0.25) is 4.40 Å². The van der Waals surface area contributed by atoms with Crippen molar-refractivity contribution in [2.45, 2.75) is 0 Å². The first-order valence-electron chi connectivity index (χ1n) is 9.29. The molecule has 5 rings (SSSR count). The number of hydrogen-bond donors (Lipinski definition) is 1. The van der Waals surface area contributed by atoms with Crippen LogP contribution in [0.5, 0.6) is 0 Å². The average Bonchev–Trinajstić information content (AvgIpc) is 3.13. The molecule has 0 saturated carbocycles. The molecule has 0 amide bonds. The number of nitrogens with zero attached hydrogens (tertiary/aromatic N) is 5. The maximum absolute atomic E-state index is 12.9. The van der Waals surface area contributed by atoms with Crippen molar-refractivity contribution in [3.63, 3.8) is 0 Å². The van der Waals surface area contributed by atoms with E-state index in [1.807, 2.05) is 40.9 Å². The minimum absolute atomic E-state index is 0.641. The van der Waals surface area contributed by atoms with Crippen molar-refractivity contribution in [3.8, 4) is 0 Å². The molecule has 1 saturated heterocycles. The molecule has 2 aliphatic heterocycles. The summed E-state index contributed by atoms with van der Waals surface area (Å²) in [6.07, 6.45) is 5.68. The molecular formula is C20H22N6O. The number of nitrogens with one attached hydrogen (secondary N) is 1. The lowest BCUT2D eigenvalue weighted by Gasteiger charge is -2.32.